The van der Waals surface area contributed by atoms with Crippen LogP contribution in [0, 0.1) is 0 Å². The highest BCUT2D eigenvalue weighted by atomic mass is 35.5. The molecule has 2 heterocycles. The Morgan fingerprint density at radius 1 is 1.43 bits per heavy atom. The standard InChI is InChI=1S/C16H22ClN3O3/c1-16(2,3)23-15(22)19-11-6-5-9-20(10-11)14(21)12-7-4-8-18-13(12)17/h4,7-8,11H,5-6,9-10H2,1-3H3,(H,19,22)/t11-/m1/s1. The fourth-order valence-corrected chi connectivity index (χ4v) is 2.67. The molecule has 0 aliphatic carbocycles. The van der Waals surface area contributed by atoms with Crippen LogP contribution in [0.1, 0.15) is 44.0 Å². The molecule has 23 heavy (non-hydrogen) atoms. The summed E-state index contributed by atoms with van der Waals surface area (Å²) in [6, 6.07) is 3.21. The van der Waals surface area contributed by atoms with Crippen molar-refractivity contribution in [3.63, 3.8) is 0 Å². The highest BCUT2D eigenvalue weighted by Crippen LogP contribution is 2.18. The number of halogens is 1. The van der Waals surface area contributed by atoms with E-state index in [1.165, 1.54) is 0 Å². The number of nitrogens with one attached hydrogen (secondary N) is 1. The highest BCUT2D eigenvalue weighted by molar-refractivity contribution is 6.32. The van der Waals surface area contributed by atoms with Gasteiger partial charge < -0.3 is 15.0 Å². The van der Waals surface area contributed by atoms with Crippen molar-refractivity contribution < 1.29 is 14.3 Å². The molecule has 1 fully saturated rings. The van der Waals surface area contributed by atoms with Crippen LogP contribution in [0.2, 0.25) is 5.15 Å². The van der Waals surface area contributed by atoms with Gasteiger partial charge in [0.05, 0.1) is 5.56 Å². The molecule has 1 aromatic heterocycles. The summed E-state index contributed by atoms with van der Waals surface area (Å²) in [5, 5.41) is 3.02. The predicted molar refractivity (Wildman–Crippen MR) is 87.5 cm³/mol. The number of likely N-dealkylation sites (tertiary alicyclic amines) is 1. The first-order chi connectivity index (χ1) is 10.8. The molecule has 1 aromatic rings. The number of ether oxygens (including phenoxy) is 1. The van der Waals surface area contributed by atoms with Gasteiger partial charge in [-0.1, -0.05) is 11.6 Å². The molecule has 1 aliphatic heterocycles. The van der Waals surface area contributed by atoms with Crippen LogP contribution in [0.5, 0.6) is 0 Å². The maximum atomic E-state index is 12.5. The molecule has 2 amide bonds. The van der Waals surface area contributed by atoms with E-state index in [-0.39, 0.29) is 17.1 Å². The molecule has 1 aliphatic rings. The molecule has 1 saturated heterocycles. The molecule has 6 nitrogen and oxygen atoms in total. The van der Waals surface area contributed by atoms with Crippen LogP contribution in [-0.4, -0.2) is 46.6 Å². The van der Waals surface area contributed by atoms with Gasteiger partial charge in [0.25, 0.3) is 5.91 Å². The van der Waals surface area contributed by atoms with Gasteiger partial charge in [-0.15, -0.1) is 0 Å². The lowest BCUT2D eigenvalue weighted by atomic mass is 10.0. The van der Waals surface area contributed by atoms with Crippen LogP contribution in [0.4, 0.5) is 4.79 Å². The number of amides is 2. The van der Waals surface area contributed by atoms with Crippen molar-refractivity contribution in [3.05, 3.63) is 29.0 Å². The minimum absolute atomic E-state index is 0.127. The lowest BCUT2D eigenvalue weighted by molar-refractivity contribution is 0.0452. The molecule has 0 spiro atoms. The summed E-state index contributed by atoms with van der Waals surface area (Å²) in [7, 11) is 0. The maximum absolute atomic E-state index is 12.5. The third kappa shape index (κ3) is 5.10. The van der Waals surface area contributed by atoms with Crippen LogP contribution < -0.4 is 5.32 Å². The molecule has 2 rings (SSSR count). The number of rotatable bonds is 2. The van der Waals surface area contributed by atoms with E-state index in [2.05, 4.69) is 10.3 Å². The molecule has 0 saturated carbocycles. The SMILES string of the molecule is CC(C)(C)OC(=O)N[C@@H]1CCCN(C(=O)c2cccnc2Cl)C1. The zero-order chi connectivity index (χ0) is 17.0. The average molecular weight is 340 g/mol. The second kappa shape index (κ2) is 7.17. The minimum atomic E-state index is -0.544. The molecule has 126 valence electrons. The number of carbonyl (C=O) groups excluding carboxylic acids is 2. The van der Waals surface area contributed by atoms with Crippen molar-refractivity contribution in [2.45, 2.75) is 45.3 Å². The van der Waals surface area contributed by atoms with E-state index in [9.17, 15) is 9.59 Å². The average Bonchev–Trinajstić information content (AvgIpc) is 2.45. The Labute approximate surface area is 141 Å². The van der Waals surface area contributed by atoms with Gasteiger partial charge in [-0.2, -0.15) is 0 Å². The van der Waals surface area contributed by atoms with Crippen molar-refractivity contribution in [3.8, 4) is 0 Å². The molecular formula is C16H22ClN3O3. The van der Waals surface area contributed by atoms with E-state index < -0.39 is 11.7 Å². The second-order valence-electron chi connectivity index (χ2n) is 6.58. The summed E-state index contributed by atoms with van der Waals surface area (Å²) in [5.74, 6) is -0.168. The molecule has 1 atom stereocenters. The third-order valence-electron chi connectivity index (χ3n) is 3.42. The Morgan fingerprint density at radius 2 is 2.17 bits per heavy atom. The first-order valence-corrected chi connectivity index (χ1v) is 8.03. The first-order valence-electron chi connectivity index (χ1n) is 7.65. The van der Waals surface area contributed by atoms with Crippen LogP contribution in [0.15, 0.2) is 18.3 Å². The lowest BCUT2D eigenvalue weighted by Crippen LogP contribution is -2.50. The Bertz CT molecular complexity index is 586. The fourth-order valence-electron chi connectivity index (χ4n) is 2.47. The number of hydrogen-bond donors (Lipinski definition) is 1. The van der Waals surface area contributed by atoms with E-state index in [0.29, 0.717) is 18.7 Å². The van der Waals surface area contributed by atoms with E-state index >= 15 is 0 Å². The number of nitrogens with zero attached hydrogens (tertiary/aromatic N) is 2. The molecular weight excluding hydrogens is 318 g/mol. The molecule has 0 radical (unpaired) electrons. The van der Waals surface area contributed by atoms with E-state index in [4.69, 9.17) is 16.3 Å². The zero-order valence-corrected chi connectivity index (χ0v) is 14.4. The van der Waals surface area contributed by atoms with E-state index in [1.807, 2.05) is 20.8 Å². The summed E-state index contributed by atoms with van der Waals surface area (Å²) in [6.07, 6.45) is 2.70. The van der Waals surface area contributed by atoms with Gasteiger partial charge in [-0.3, -0.25) is 4.79 Å². The molecule has 0 unspecified atom stereocenters. The Hall–Kier alpha value is -1.82. The van der Waals surface area contributed by atoms with Gasteiger partial charge in [0, 0.05) is 25.3 Å². The summed E-state index contributed by atoms with van der Waals surface area (Å²) >= 11 is 5.98. The van der Waals surface area contributed by atoms with Gasteiger partial charge in [0.2, 0.25) is 0 Å². The predicted octanol–water partition coefficient (Wildman–Crippen LogP) is 2.86. The molecule has 1 N–H and O–H groups in total. The minimum Gasteiger partial charge on any atom is -0.444 e. The van der Waals surface area contributed by atoms with Gasteiger partial charge in [0.1, 0.15) is 10.8 Å². The zero-order valence-electron chi connectivity index (χ0n) is 13.6. The van der Waals surface area contributed by atoms with Crippen molar-refractivity contribution in [2.75, 3.05) is 13.1 Å². The quantitative estimate of drug-likeness (QED) is 0.841. The Balaban J connectivity index is 1.97. The highest BCUT2D eigenvalue weighted by Gasteiger charge is 2.28. The summed E-state index contributed by atoms with van der Waals surface area (Å²) in [4.78, 5) is 30.0. The lowest BCUT2D eigenvalue weighted by Gasteiger charge is -2.33. The van der Waals surface area contributed by atoms with Gasteiger partial charge >= 0.3 is 6.09 Å². The summed E-state index contributed by atoms with van der Waals surface area (Å²) < 4.78 is 5.26. The summed E-state index contributed by atoms with van der Waals surface area (Å²) in [5.41, 5.74) is -0.163. The largest absolute Gasteiger partial charge is 0.444 e. The molecule has 0 aromatic carbocycles. The van der Waals surface area contributed by atoms with Gasteiger partial charge in [0.15, 0.2) is 0 Å². The van der Waals surface area contributed by atoms with Crippen LogP contribution in [0.25, 0.3) is 0 Å². The monoisotopic (exact) mass is 339 g/mol. The number of carbonyl (C=O) groups is 2. The van der Waals surface area contributed by atoms with Crippen molar-refractivity contribution in [1.29, 1.82) is 0 Å². The van der Waals surface area contributed by atoms with Crippen molar-refractivity contribution in [1.82, 2.24) is 15.2 Å². The number of aromatic nitrogens is 1. The molecule has 0 bridgehead atoms. The second-order valence-corrected chi connectivity index (χ2v) is 6.94. The first kappa shape index (κ1) is 17.5. The fraction of sp³-hybridized carbons (Fsp3) is 0.562. The van der Waals surface area contributed by atoms with Crippen LogP contribution >= 0.6 is 11.6 Å². The Kier molecular flexibility index (Phi) is 5.46. The van der Waals surface area contributed by atoms with Crippen LogP contribution in [-0.2, 0) is 4.74 Å². The topological polar surface area (TPSA) is 71.5 Å². The number of alkyl carbamates (subject to hydrolysis) is 1. The normalized spacial score (nSPS) is 18.4. The third-order valence-corrected chi connectivity index (χ3v) is 3.72. The van der Waals surface area contributed by atoms with E-state index in [0.717, 1.165) is 12.8 Å². The number of piperidine rings is 1. The van der Waals surface area contributed by atoms with Gasteiger partial charge in [-0.25, -0.2) is 9.78 Å². The number of hydrogen-bond acceptors (Lipinski definition) is 4. The Morgan fingerprint density at radius 3 is 2.83 bits per heavy atom. The van der Waals surface area contributed by atoms with E-state index in [1.54, 1.807) is 23.2 Å². The number of pyridine rings is 1. The summed E-state index contributed by atoms with van der Waals surface area (Å²) in [6.45, 7) is 6.51. The maximum Gasteiger partial charge on any atom is 0.407 e. The molecule has 7 heteroatoms. The smallest absolute Gasteiger partial charge is 0.407 e. The van der Waals surface area contributed by atoms with Crippen LogP contribution in [0.3, 0.4) is 0 Å². The van der Waals surface area contributed by atoms with Crippen molar-refractivity contribution >= 4 is 23.6 Å². The van der Waals surface area contributed by atoms with Gasteiger partial charge in [-0.05, 0) is 45.7 Å². The van der Waals surface area contributed by atoms with Crippen molar-refractivity contribution in [2.24, 2.45) is 0 Å².